The molecule has 6 heteroatoms. The third kappa shape index (κ3) is 3.04. The summed E-state index contributed by atoms with van der Waals surface area (Å²) in [5.74, 6) is -1.66. The van der Waals surface area contributed by atoms with Crippen molar-refractivity contribution in [2.75, 3.05) is 13.1 Å². The van der Waals surface area contributed by atoms with Crippen LogP contribution < -0.4 is 5.73 Å². The summed E-state index contributed by atoms with van der Waals surface area (Å²) in [5.41, 5.74) is 5.01. The van der Waals surface area contributed by atoms with Gasteiger partial charge in [0, 0.05) is 24.2 Å². The lowest BCUT2D eigenvalue weighted by atomic mass is 9.82. The molecule has 1 aromatic carbocycles. The molecule has 0 bridgehead atoms. The molecular weight excluding hydrogens is 272 g/mol. The van der Waals surface area contributed by atoms with Crippen molar-refractivity contribution in [3.63, 3.8) is 0 Å². The minimum Gasteiger partial charge on any atom is -0.481 e. The Bertz CT molecular complexity index is 582. The second-order valence-corrected chi connectivity index (χ2v) is 5.64. The number of amides is 2. The first-order valence-corrected chi connectivity index (χ1v) is 6.76. The summed E-state index contributed by atoms with van der Waals surface area (Å²) in [6.45, 7) is 2.39. The number of carboxylic acids is 1. The van der Waals surface area contributed by atoms with Gasteiger partial charge < -0.3 is 15.7 Å². The fourth-order valence-electron chi connectivity index (χ4n) is 2.55. The first kappa shape index (κ1) is 15.0. The predicted octanol–water partition coefficient (Wildman–Crippen LogP) is 1.11. The molecule has 1 atom stereocenters. The summed E-state index contributed by atoms with van der Waals surface area (Å²) >= 11 is 0. The number of benzene rings is 1. The highest BCUT2D eigenvalue weighted by atomic mass is 16.4. The molecule has 0 saturated carbocycles. The van der Waals surface area contributed by atoms with Crippen LogP contribution in [0.4, 0.5) is 0 Å². The maximum absolute atomic E-state index is 12.4. The maximum atomic E-state index is 12.4. The largest absolute Gasteiger partial charge is 0.481 e. The van der Waals surface area contributed by atoms with Crippen LogP contribution in [0.15, 0.2) is 24.3 Å². The summed E-state index contributed by atoms with van der Waals surface area (Å²) in [5, 5.41) is 9.28. The standard InChI is InChI=1S/C15H18N2O4/c1-15(14(20)21)7-2-8-17(9-15)13(19)11-5-3-10(4-6-11)12(16)18/h3-6H,2,7-9H2,1H3,(H2,16,18)(H,20,21). The van der Waals surface area contributed by atoms with Gasteiger partial charge in [-0.25, -0.2) is 0 Å². The zero-order chi connectivity index (χ0) is 15.6. The van der Waals surface area contributed by atoms with Crippen molar-refractivity contribution in [2.24, 2.45) is 11.1 Å². The number of hydrogen-bond donors (Lipinski definition) is 2. The Morgan fingerprint density at radius 2 is 1.76 bits per heavy atom. The molecular formula is C15H18N2O4. The van der Waals surface area contributed by atoms with E-state index in [2.05, 4.69) is 0 Å². The van der Waals surface area contributed by atoms with Gasteiger partial charge in [0.05, 0.1) is 5.41 Å². The van der Waals surface area contributed by atoms with E-state index in [1.165, 1.54) is 24.3 Å². The molecule has 1 fully saturated rings. The van der Waals surface area contributed by atoms with Crippen molar-refractivity contribution < 1.29 is 19.5 Å². The number of carbonyl (C=O) groups excluding carboxylic acids is 2. The van der Waals surface area contributed by atoms with E-state index in [0.29, 0.717) is 30.5 Å². The van der Waals surface area contributed by atoms with Crippen LogP contribution in [0.3, 0.4) is 0 Å². The van der Waals surface area contributed by atoms with Gasteiger partial charge in [0.25, 0.3) is 5.91 Å². The van der Waals surface area contributed by atoms with Gasteiger partial charge >= 0.3 is 5.97 Å². The van der Waals surface area contributed by atoms with Gasteiger partial charge in [-0.15, -0.1) is 0 Å². The SMILES string of the molecule is CC1(C(=O)O)CCCN(C(=O)c2ccc(C(N)=O)cc2)C1. The van der Waals surface area contributed by atoms with Crippen LogP contribution in [0.5, 0.6) is 0 Å². The summed E-state index contributed by atoms with van der Waals surface area (Å²) in [4.78, 5) is 36.3. The second-order valence-electron chi connectivity index (χ2n) is 5.64. The quantitative estimate of drug-likeness (QED) is 0.870. The lowest BCUT2D eigenvalue weighted by Gasteiger charge is -2.37. The van der Waals surface area contributed by atoms with Crippen LogP contribution in [0, 0.1) is 5.41 Å². The van der Waals surface area contributed by atoms with Gasteiger partial charge in [-0.05, 0) is 44.0 Å². The number of carboxylic acid groups (broad SMARTS) is 1. The predicted molar refractivity (Wildman–Crippen MR) is 75.8 cm³/mol. The molecule has 0 spiro atoms. The second kappa shape index (κ2) is 5.55. The Labute approximate surface area is 122 Å². The van der Waals surface area contributed by atoms with Crippen LogP contribution in [0.1, 0.15) is 40.5 Å². The lowest BCUT2D eigenvalue weighted by molar-refractivity contribution is -0.150. The number of piperidine rings is 1. The number of carbonyl (C=O) groups is 3. The van der Waals surface area contributed by atoms with E-state index >= 15 is 0 Å². The zero-order valence-corrected chi connectivity index (χ0v) is 11.8. The van der Waals surface area contributed by atoms with Gasteiger partial charge in [-0.1, -0.05) is 0 Å². The van der Waals surface area contributed by atoms with E-state index < -0.39 is 17.3 Å². The summed E-state index contributed by atoms with van der Waals surface area (Å²) < 4.78 is 0. The highest BCUT2D eigenvalue weighted by Gasteiger charge is 2.39. The molecule has 1 heterocycles. The molecule has 6 nitrogen and oxygen atoms in total. The van der Waals surface area contributed by atoms with E-state index in [1.807, 2.05) is 0 Å². The van der Waals surface area contributed by atoms with Gasteiger partial charge in [0.15, 0.2) is 0 Å². The third-order valence-electron chi connectivity index (χ3n) is 3.92. The van der Waals surface area contributed by atoms with Crippen molar-refractivity contribution in [3.8, 4) is 0 Å². The highest BCUT2D eigenvalue weighted by Crippen LogP contribution is 2.30. The topological polar surface area (TPSA) is 101 Å². The van der Waals surface area contributed by atoms with Crippen molar-refractivity contribution >= 4 is 17.8 Å². The number of hydrogen-bond acceptors (Lipinski definition) is 3. The summed E-state index contributed by atoms with van der Waals surface area (Å²) in [6, 6.07) is 6.07. The van der Waals surface area contributed by atoms with Crippen LogP contribution in [-0.2, 0) is 4.79 Å². The summed E-state index contributed by atoms with van der Waals surface area (Å²) in [6.07, 6.45) is 1.22. The van der Waals surface area contributed by atoms with E-state index in [-0.39, 0.29) is 12.5 Å². The maximum Gasteiger partial charge on any atom is 0.311 e. The number of likely N-dealkylation sites (tertiary alicyclic amines) is 1. The number of nitrogens with two attached hydrogens (primary N) is 1. The number of nitrogens with zero attached hydrogens (tertiary/aromatic N) is 1. The van der Waals surface area contributed by atoms with Crippen molar-refractivity contribution in [2.45, 2.75) is 19.8 Å². The van der Waals surface area contributed by atoms with Gasteiger partial charge in [0.1, 0.15) is 0 Å². The van der Waals surface area contributed by atoms with Crippen LogP contribution in [-0.4, -0.2) is 40.9 Å². The Balaban J connectivity index is 2.16. The molecule has 2 rings (SSSR count). The molecule has 1 aromatic rings. The molecule has 1 aliphatic heterocycles. The Morgan fingerprint density at radius 3 is 2.29 bits per heavy atom. The fraction of sp³-hybridized carbons (Fsp3) is 0.400. The van der Waals surface area contributed by atoms with Crippen LogP contribution in [0.25, 0.3) is 0 Å². The average Bonchev–Trinajstić information content (AvgIpc) is 2.46. The zero-order valence-electron chi connectivity index (χ0n) is 11.8. The van der Waals surface area contributed by atoms with E-state index in [9.17, 15) is 19.5 Å². The lowest BCUT2D eigenvalue weighted by Crippen LogP contribution is -2.48. The van der Waals surface area contributed by atoms with Crippen LogP contribution in [0.2, 0.25) is 0 Å². The molecule has 2 amide bonds. The molecule has 0 radical (unpaired) electrons. The minimum atomic E-state index is -0.902. The molecule has 112 valence electrons. The van der Waals surface area contributed by atoms with Crippen molar-refractivity contribution in [1.29, 1.82) is 0 Å². The Kier molecular flexibility index (Phi) is 3.97. The molecule has 1 aliphatic rings. The summed E-state index contributed by atoms with van der Waals surface area (Å²) in [7, 11) is 0. The minimum absolute atomic E-state index is 0.193. The first-order chi connectivity index (χ1) is 9.83. The number of rotatable bonds is 3. The van der Waals surface area contributed by atoms with Crippen molar-refractivity contribution in [3.05, 3.63) is 35.4 Å². The molecule has 0 aromatic heterocycles. The fourth-order valence-corrected chi connectivity index (χ4v) is 2.55. The monoisotopic (exact) mass is 290 g/mol. The van der Waals surface area contributed by atoms with Gasteiger partial charge in [-0.3, -0.25) is 14.4 Å². The number of aliphatic carboxylic acids is 1. The molecule has 3 N–H and O–H groups in total. The first-order valence-electron chi connectivity index (χ1n) is 6.76. The van der Waals surface area contributed by atoms with Crippen LogP contribution >= 0.6 is 0 Å². The average molecular weight is 290 g/mol. The highest BCUT2D eigenvalue weighted by molar-refractivity contribution is 5.97. The number of primary amides is 1. The molecule has 1 unspecified atom stereocenters. The Morgan fingerprint density at radius 1 is 1.19 bits per heavy atom. The molecule has 21 heavy (non-hydrogen) atoms. The van der Waals surface area contributed by atoms with Gasteiger partial charge in [0.2, 0.25) is 5.91 Å². The van der Waals surface area contributed by atoms with E-state index in [1.54, 1.807) is 11.8 Å². The smallest absolute Gasteiger partial charge is 0.311 e. The third-order valence-corrected chi connectivity index (χ3v) is 3.92. The van der Waals surface area contributed by atoms with E-state index in [4.69, 9.17) is 5.73 Å². The van der Waals surface area contributed by atoms with Gasteiger partial charge in [-0.2, -0.15) is 0 Å². The van der Waals surface area contributed by atoms with Crippen molar-refractivity contribution in [1.82, 2.24) is 4.90 Å². The molecule has 0 aliphatic carbocycles. The normalized spacial score (nSPS) is 21.9. The Hall–Kier alpha value is -2.37. The van der Waals surface area contributed by atoms with E-state index in [0.717, 1.165) is 0 Å². The molecule has 1 saturated heterocycles.